The lowest BCUT2D eigenvalue weighted by molar-refractivity contribution is -0.120. The lowest BCUT2D eigenvalue weighted by Gasteiger charge is -2.12. The average molecular weight is 305 g/mol. The second kappa shape index (κ2) is 7.78. The molecule has 5 heteroatoms. The molecule has 0 unspecified atom stereocenters. The Hall–Kier alpha value is -1.88. The lowest BCUT2D eigenvalue weighted by atomic mass is 10.3. The van der Waals surface area contributed by atoms with Crippen molar-refractivity contribution in [2.75, 3.05) is 13.7 Å². The Morgan fingerprint density at radius 2 is 2.10 bits per heavy atom. The van der Waals surface area contributed by atoms with Crippen molar-refractivity contribution in [1.29, 1.82) is 0 Å². The fourth-order valence-corrected chi connectivity index (χ4v) is 2.71. The van der Waals surface area contributed by atoms with Crippen LogP contribution in [0, 0.1) is 0 Å². The second-order valence-electron chi connectivity index (χ2n) is 4.56. The van der Waals surface area contributed by atoms with E-state index in [0.29, 0.717) is 13.0 Å². The highest BCUT2D eigenvalue weighted by atomic mass is 32.2. The van der Waals surface area contributed by atoms with E-state index in [-0.39, 0.29) is 11.2 Å². The highest BCUT2D eigenvalue weighted by molar-refractivity contribution is 8.00. The molecule has 1 amide bonds. The number of thioether (sulfide) groups is 1. The molecular weight excluding hydrogens is 286 g/mol. The Balaban J connectivity index is 1.76. The number of hydrogen-bond donors (Lipinski definition) is 1. The topological polar surface area (TPSA) is 51.5 Å². The summed E-state index contributed by atoms with van der Waals surface area (Å²) in [4.78, 5) is 13.1. The Morgan fingerprint density at radius 3 is 2.71 bits per heavy atom. The van der Waals surface area contributed by atoms with Crippen molar-refractivity contribution in [3.05, 3.63) is 48.4 Å². The Morgan fingerprint density at radius 1 is 1.33 bits per heavy atom. The van der Waals surface area contributed by atoms with E-state index in [4.69, 9.17) is 9.15 Å². The first kappa shape index (κ1) is 15.5. The number of rotatable bonds is 7. The summed E-state index contributed by atoms with van der Waals surface area (Å²) in [7, 11) is 1.64. The van der Waals surface area contributed by atoms with Gasteiger partial charge in [0.2, 0.25) is 5.91 Å². The van der Waals surface area contributed by atoms with E-state index < -0.39 is 0 Å². The molecule has 0 aliphatic carbocycles. The van der Waals surface area contributed by atoms with E-state index in [1.165, 1.54) is 11.8 Å². The smallest absolute Gasteiger partial charge is 0.233 e. The second-order valence-corrected chi connectivity index (χ2v) is 5.97. The van der Waals surface area contributed by atoms with Crippen LogP contribution in [-0.2, 0) is 11.2 Å². The summed E-state index contributed by atoms with van der Waals surface area (Å²) in [6, 6.07) is 11.4. The largest absolute Gasteiger partial charge is 0.497 e. The van der Waals surface area contributed by atoms with Crippen LogP contribution in [0.2, 0.25) is 0 Å². The molecule has 0 fully saturated rings. The molecule has 0 bridgehead atoms. The van der Waals surface area contributed by atoms with Gasteiger partial charge in [-0.15, -0.1) is 11.8 Å². The monoisotopic (exact) mass is 305 g/mol. The molecule has 0 spiro atoms. The Labute approximate surface area is 128 Å². The lowest BCUT2D eigenvalue weighted by Crippen LogP contribution is -2.32. The third-order valence-corrected chi connectivity index (χ3v) is 4.10. The molecule has 0 saturated carbocycles. The van der Waals surface area contributed by atoms with E-state index >= 15 is 0 Å². The number of nitrogens with one attached hydrogen (secondary N) is 1. The first-order valence-corrected chi connectivity index (χ1v) is 7.68. The molecule has 1 atom stereocenters. The number of amides is 1. The first-order valence-electron chi connectivity index (χ1n) is 6.80. The van der Waals surface area contributed by atoms with Crippen LogP contribution in [-0.4, -0.2) is 24.8 Å². The van der Waals surface area contributed by atoms with Gasteiger partial charge in [0.05, 0.1) is 18.6 Å². The zero-order valence-corrected chi connectivity index (χ0v) is 13.0. The molecule has 0 radical (unpaired) electrons. The minimum atomic E-state index is -0.144. The molecule has 0 saturated heterocycles. The Bertz CT molecular complexity index is 551. The normalized spacial score (nSPS) is 11.9. The van der Waals surface area contributed by atoms with Crippen LogP contribution in [0.4, 0.5) is 0 Å². The van der Waals surface area contributed by atoms with Gasteiger partial charge >= 0.3 is 0 Å². The fraction of sp³-hybridized carbons (Fsp3) is 0.312. The van der Waals surface area contributed by atoms with Crippen LogP contribution in [0.15, 0.2) is 52.0 Å². The number of benzene rings is 1. The van der Waals surface area contributed by atoms with Crippen LogP contribution in [0.5, 0.6) is 5.75 Å². The SMILES string of the molecule is COc1ccc(S[C@@H](C)C(=O)NCCc2ccco2)cc1. The number of furan rings is 1. The number of methoxy groups -OCH3 is 1. The van der Waals surface area contributed by atoms with Gasteiger partial charge in [-0.25, -0.2) is 0 Å². The zero-order chi connectivity index (χ0) is 15.1. The summed E-state index contributed by atoms with van der Waals surface area (Å²) in [5.74, 6) is 1.73. The van der Waals surface area contributed by atoms with Crippen molar-refractivity contribution in [2.45, 2.75) is 23.5 Å². The molecule has 0 aliphatic heterocycles. The maximum Gasteiger partial charge on any atom is 0.233 e. The molecule has 2 aromatic rings. The molecular formula is C16H19NO3S. The fourth-order valence-electron chi connectivity index (χ4n) is 1.82. The van der Waals surface area contributed by atoms with Crippen LogP contribution in [0.1, 0.15) is 12.7 Å². The molecule has 1 aromatic heterocycles. The predicted octanol–water partition coefficient (Wildman–Crippen LogP) is 3.13. The van der Waals surface area contributed by atoms with Crippen LogP contribution < -0.4 is 10.1 Å². The summed E-state index contributed by atoms with van der Waals surface area (Å²) >= 11 is 1.53. The quantitative estimate of drug-likeness (QED) is 0.799. The summed E-state index contributed by atoms with van der Waals surface area (Å²) in [5.41, 5.74) is 0. The van der Waals surface area contributed by atoms with Gasteiger partial charge < -0.3 is 14.5 Å². The highest BCUT2D eigenvalue weighted by Gasteiger charge is 2.14. The molecule has 21 heavy (non-hydrogen) atoms. The standard InChI is InChI=1S/C16H19NO3S/c1-12(21-15-7-5-13(19-2)6-8-15)16(18)17-10-9-14-4-3-11-20-14/h3-8,11-12H,9-10H2,1-2H3,(H,17,18)/t12-/m0/s1. The summed E-state index contributed by atoms with van der Waals surface area (Å²) in [6.45, 7) is 2.48. The number of hydrogen-bond acceptors (Lipinski definition) is 4. The van der Waals surface area contributed by atoms with Gasteiger partial charge in [-0.05, 0) is 43.3 Å². The maximum absolute atomic E-state index is 12.0. The maximum atomic E-state index is 12.0. The zero-order valence-electron chi connectivity index (χ0n) is 12.2. The van der Waals surface area contributed by atoms with Gasteiger partial charge in [-0.3, -0.25) is 4.79 Å². The van der Waals surface area contributed by atoms with Crippen molar-refractivity contribution >= 4 is 17.7 Å². The van der Waals surface area contributed by atoms with Gasteiger partial charge in [0.25, 0.3) is 0 Å². The van der Waals surface area contributed by atoms with E-state index in [1.807, 2.05) is 43.3 Å². The molecule has 4 nitrogen and oxygen atoms in total. The van der Waals surface area contributed by atoms with Crippen LogP contribution >= 0.6 is 11.8 Å². The molecule has 1 heterocycles. The van der Waals surface area contributed by atoms with Crippen molar-refractivity contribution in [1.82, 2.24) is 5.32 Å². The Kier molecular flexibility index (Phi) is 5.75. The van der Waals surface area contributed by atoms with Crippen LogP contribution in [0.3, 0.4) is 0 Å². The predicted molar refractivity (Wildman–Crippen MR) is 83.7 cm³/mol. The minimum absolute atomic E-state index is 0.0300. The van der Waals surface area contributed by atoms with Gasteiger partial charge in [-0.2, -0.15) is 0 Å². The molecule has 1 N–H and O–H groups in total. The summed E-state index contributed by atoms with van der Waals surface area (Å²) in [5, 5.41) is 2.78. The first-order chi connectivity index (χ1) is 10.2. The number of ether oxygens (including phenoxy) is 1. The van der Waals surface area contributed by atoms with E-state index in [9.17, 15) is 4.79 Å². The summed E-state index contributed by atoms with van der Waals surface area (Å²) in [6.07, 6.45) is 2.35. The van der Waals surface area contributed by atoms with Gasteiger partial charge in [0.15, 0.2) is 0 Å². The minimum Gasteiger partial charge on any atom is -0.497 e. The number of carbonyl (C=O) groups is 1. The van der Waals surface area contributed by atoms with Gasteiger partial charge in [0, 0.05) is 17.9 Å². The van der Waals surface area contributed by atoms with Crippen molar-refractivity contribution in [3.8, 4) is 5.75 Å². The molecule has 1 aromatic carbocycles. The van der Waals surface area contributed by atoms with Crippen molar-refractivity contribution in [3.63, 3.8) is 0 Å². The van der Waals surface area contributed by atoms with Crippen molar-refractivity contribution < 1.29 is 13.9 Å². The third kappa shape index (κ3) is 4.86. The van der Waals surface area contributed by atoms with E-state index in [2.05, 4.69) is 5.32 Å². The van der Waals surface area contributed by atoms with Gasteiger partial charge in [0.1, 0.15) is 11.5 Å². The molecule has 2 rings (SSSR count). The summed E-state index contributed by atoms with van der Waals surface area (Å²) < 4.78 is 10.3. The number of carbonyl (C=O) groups excluding carboxylic acids is 1. The van der Waals surface area contributed by atoms with E-state index in [1.54, 1.807) is 13.4 Å². The van der Waals surface area contributed by atoms with E-state index in [0.717, 1.165) is 16.4 Å². The van der Waals surface area contributed by atoms with Gasteiger partial charge in [-0.1, -0.05) is 0 Å². The molecule has 0 aliphatic rings. The average Bonchev–Trinajstić information content (AvgIpc) is 3.01. The van der Waals surface area contributed by atoms with Crippen LogP contribution in [0.25, 0.3) is 0 Å². The highest BCUT2D eigenvalue weighted by Crippen LogP contribution is 2.25. The molecule has 112 valence electrons. The van der Waals surface area contributed by atoms with Crippen molar-refractivity contribution in [2.24, 2.45) is 0 Å². The third-order valence-electron chi connectivity index (χ3n) is 2.99.